The highest BCUT2D eigenvalue weighted by atomic mass is 15.1. The van der Waals surface area contributed by atoms with Crippen LogP contribution in [0.4, 0.5) is 5.82 Å². The Morgan fingerprint density at radius 1 is 1.38 bits per heavy atom. The summed E-state index contributed by atoms with van der Waals surface area (Å²) in [7, 11) is 0. The van der Waals surface area contributed by atoms with E-state index in [0.29, 0.717) is 5.69 Å². The lowest BCUT2D eigenvalue weighted by atomic mass is 10.1. The van der Waals surface area contributed by atoms with Gasteiger partial charge in [0.15, 0.2) is 11.5 Å². The van der Waals surface area contributed by atoms with Gasteiger partial charge in [-0.2, -0.15) is 5.26 Å². The molecule has 1 aromatic heterocycles. The summed E-state index contributed by atoms with van der Waals surface area (Å²) in [6.45, 7) is 4.03. The molecule has 0 aliphatic heterocycles. The maximum atomic E-state index is 9.00. The minimum absolute atomic E-state index is 0.266. The first kappa shape index (κ1) is 10.2. The molecule has 0 amide bonds. The molecule has 2 N–H and O–H groups in total. The normalized spacial score (nSPS) is 10.1. The van der Waals surface area contributed by atoms with E-state index in [4.69, 9.17) is 11.0 Å². The van der Waals surface area contributed by atoms with Crippen molar-refractivity contribution in [2.24, 2.45) is 0 Å². The summed E-state index contributed by atoms with van der Waals surface area (Å²) in [6.07, 6.45) is 1.57. The first-order valence-electron chi connectivity index (χ1n) is 4.94. The number of nitrogens with zero attached hydrogens (tertiary/aromatic N) is 3. The molecule has 0 bridgehead atoms. The average Bonchev–Trinajstić information content (AvgIpc) is 2.59. The Morgan fingerprint density at radius 3 is 2.75 bits per heavy atom. The molecule has 80 valence electrons. The van der Waals surface area contributed by atoms with Gasteiger partial charge in [0.05, 0.1) is 5.69 Å². The minimum atomic E-state index is 0.266. The molecule has 0 saturated carbocycles. The number of rotatable bonds is 1. The fourth-order valence-electron chi connectivity index (χ4n) is 1.73. The molecule has 1 heterocycles. The van der Waals surface area contributed by atoms with E-state index in [0.717, 1.165) is 11.3 Å². The van der Waals surface area contributed by atoms with E-state index in [9.17, 15) is 0 Å². The number of aromatic nitrogens is 2. The van der Waals surface area contributed by atoms with Gasteiger partial charge in [0.25, 0.3) is 0 Å². The van der Waals surface area contributed by atoms with Crippen molar-refractivity contribution >= 4 is 5.82 Å². The van der Waals surface area contributed by atoms with Gasteiger partial charge in [0, 0.05) is 0 Å². The first-order valence-corrected chi connectivity index (χ1v) is 4.94. The summed E-state index contributed by atoms with van der Waals surface area (Å²) < 4.78 is 1.71. The third-order valence-corrected chi connectivity index (χ3v) is 2.51. The molecule has 0 saturated heterocycles. The van der Waals surface area contributed by atoms with Gasteiger partial charge in [-0.25, -0.2) is 4.98 Å². The number of imidazole rings is 1. The molecule has 4 nitrogen and oxygen atoms in total. The molecule has 4 heteroatoms. The van der Waals surface area contributed by atoms with Gasteiger partial charge in [0.1, 0.15) is 12.4 Å². The number of nitrogen functional groups attached to an aromatic ring is 1. The summed E-state index contributed by atoms with van der Waals surface area (Å²) in [5.41, 5.74) is 9.21. The van der Waals surface area contributed by atoms with E-state index in [-0.39, 0.29) is 5.82 Å². The number of nitrogens with two attached hydrogens (primary N) is 1. The molecule has 0 aliphatic rings. The van der Waals surface area contributed by atoms with Crippen LogP contribution in [0.2, 0.25) is 0 Å². The quantitative estimate of drug-likeness (QED) is 0.785. The van der Waals surface area contributed by atoms with Crippen LogP contribution < -0.4 is 5.73 Å². The Hall–Kier alpha value is -2.28. The van der Waals surface area contributed by atoms with Crippen LogP contribution in [0.15, 0.2) is 24.5 Å². The summed E-state index contributed by atoms with van der Waals surface area (Å²) in [4.78, 5) is 3.95. The number of hydrogen-bond acceptors (Lipinski definition) is 3. The topological polar surface area (TPSA) is 67.6 Å². The van der Waals surface area contributed by atoms with E-state index in [1.807, 2.05) is 26.0 Å². The Bertz CT molecular complexity index is 575. The molecule has 0 radical (unpaired) electrons. The molecule has 0 spiro atoms. The molecule has 0 aliphatic carbocycles. The molecule has 2 rings (SSSR count). The molecule has 0 fully saturated rings. The molecule has 0 unspecified atom stereocenters. The highest BCUT2D eigenvalue weighted by Gasteiger charge is 2.10. The van der Waals surface area contributed by atoms with Gasteiger partial charge in [-0.05, 0) is 25.5 Å². The zero-order valence-corrected chi connectivity index (χ0v) is 9.23. The third kappa shape index (κ3) is 1.52. The van der Waals surface area contributed by atoms with Crippen molar-refractivity contribution < 1.29 is 0 Å². The summed E-state index contributed by atoms with van der Waals surface area (Å²) in [5, 5.41) is 9.00. The highest BCUT2D eigenvalue weighted by Crippen LogP contribution is 2.19. The Balaban J connectivity index is 2.64. The van der Waals surface area contributed by atoms with Crippen molar-refractivity contribution in [2.45, 2.75) is 13.8 Å². The molecule has 0 atom stereocenters. The minimum Gasteiger partial charge on any atom is -0.381 e. The first-order chi connectivity index (χ1) is 7.63. The van der Waals surface area contributed by atoms with E-state index < -0.39 is 0 Å². The van der Waals surface area contributed by atoms with Crippen molar-refractivity contribution in [3.8, 4) is 11.8 Å². The maximum Gasteiger partial charge on any atom is 0.168 e. The van der Waals surface area contributed by atoms with Gasteiger partial charge < -0.3 is 5.73 Å². The SMILES string of the molecule is Cc1ccc(-n2cnc(N)c2C#N)c(C)c1. The van der Waals surface area contributed by atoms with Crippen molar-refractivity contribution in [2.75, 3.05) is 5.73 Å². The van der Waals surface area contributed by atoms with Gasteiger partial charge in [-0.1, -0.05) is 17.7 Å². The standard InChI is InChI=1S/C12H12N4/c1-8-3-4-10(9(2)5-8)16-7-15-12(14)11(16)6-13/h3-5,7H,14H2,1-2H3. The van der Waals surface area contributed by atoms with E-state index in [2.05, 4.69) is 17.1 Å². The lowest BCUT2D eigenvalue weighted by Crippen LogP contribution is -2.00. The molecular weight excluding hydrogens is 200 g/mol. The summed E-state index contributed by atoms with van der Waals surface area (Å²) >= 11 is 0. The lowest BCUT2D eigenvalue weighted by molar-refractivity contribution is 1.02. The lowest BCUT2D eigenvalue weighted by Gasteiger charge is -2.08. The van der Waals surface area contributed by atoms with Gasteiger partial charge >= 0.3 is 0 Å². The van der Waals surface area contributed by atoms with Gasteiger partial charge in [-0.15, -0.1) is 0 Å². The van der Waals surface area contributed by atoms with Crippen LogP contribution in [-0.4, -0.2) is 9.55 Å². The zero-order valence-electron chi connectivity index (χ0n) is 9.23. The molecule has 16 heavy (non-hydrogen) atoms. The number of hydrogen-bond donors (Lipinski definition) is 1. The fourth-order valence-corrected chi connectivity index (χ4v) is 1.73. The van der Waals surface area contributed by atoms with Crippen molar-refractivity contribution in [3.05, 3.63) is 41.3 Å². The average molecular weight is 212 g/mol. The van der Waals surface area contributed by atoms with Crippen LogP contribution in [0.1, 0.15) is 16.8 Å². The smallest absolute Gasteiger partial charge is 0.168 e. The van der Waals surface area contributed by atoms with E-state index in [1.54, 1.807) is 10.9 Å². The van der Waals surface area contributed by atoms with Crippen LogP contribution >= 0.6 is 0 Å². The predicted octanol–water partition coefficient (Wildman–Crippen LogP) is 1.94. The number of nitriles is 1. The second-order valence-electron chi connectivity index (χ2n) is 3.75. The van der Waals surface area contributed by atoms with Crippen molar-refractivity contribution in [1.29, 1.82) is 5.26 Å². The maximum absolute atomic E-state index is 9.00. The third-order valence-electron chi connectivity index (χ3n) is 2.51. The second kappa shape index (κ2) is 3.70. The fraction of sp³-hybridized carbons (Fsp3) is 0.167. The van der Waals surface area contributed by atoms with Crippen LogP contribution in [0.3, 0.4) is 0 Å². The zero-order chi connectivity index (χ0) is 11.7. The van der Waals surface area contributed by atoms with Crippen LogP contribution in [0.5, 0.6) is 0 Å². The molecular formula is C12H12N4. The Kier molecular flexibility index (Phi) is 2.37. The predicted molar refractivity (Wildman–Crippen MR) is 62.2 cm³/mol. The van der Waals surface area contributed by atoms with Crippen molar-refractivity contribution in [3.63, 3.8) is 0 Å². The summed E-state index contributed by atoms with van der Waals surface area (Å²) in [6, 6.07) is 8.09. The Morgan fingerprint density at radius 2 is 2.12 bits per heavy atom. The van der Waals surface area contributed by atoms with Gasteiger partial charge in [-0.3, -0.25) is 4.57 Å². The Labute approximate surface area is 94.0 Å². The highest BCUT2D eigenvalue weighted by molar-refractivity contribution is 5.52. The molecule has 2 aromatic rings. The number of benzene rings is 1. The van der Waals surface area contributed by atoms with Crippen LogP contribution in [0.25, 0.3) is 5.69 Å². The van der Waals surface area contributed by atoms with E-state index >= 15 is 0 Å². The summed E-state index contributed by atoms with van der Waals surface area (Å²) in [5.74, 6) is 0.266. The largest absolute Gasteiger partial charge is 0.381 e. The van der Waals surface area contributed by atoms with Crippen LogP contribution in [0, 0.1) is 25.2 Å². The van der Waals surface area contributed by atoms with Gasteiger partial charge in [0.2, 0.25) is 0 Å². The monoisotopic (exact) mass is 212 g/mol. The van der Waals surface area contributed by atoms with Crippen LogP contribution in [-0.2, 0) is 0 Å². The number of aryl methyl sites for hydroxylation is 2. The molecule has 1 aromatic carbocycles. The van der Waals surface area contributed by atoms with E-state index in [1.165, 1.54) is 5.56 Å². The number of anilines is 1. The second-order valence-corrected chi connectivity index (χ2v) is 3.75. The van der Waals surface area contributed by atoms with Crippen molar-refractivity contribution in [1.82, 2.24) is 9.55 Å².